The van der Waals surface area contributed by atoms with Crippen molar-refractivity contribution in [2.45, 2.75) is 0 Å². The molecule has 2 heterocycles. The molecule has 6 heteroatoms. The molecule has 0 atom stereocenters. The van der Waals surface area contributed by atoms with Gasteiger partial charge in [-0.2, -0.15) is 16.9 Å². The molecular weight excluding hydrogens is 238 g/mol. The van der Waals surface area contributed by atoms with Crippen LogP contribution in [0, 0.1) is 0 Å². The minimum atomic E-state index is -0.0726. The molecule has 0 unspecified atom stereocenters. The summed E-state index contributed by atoms with van der Waals surface area (Å²) in [6, 6.07) is 1.78. The van der Waals surface area contributed by atoms with Gasteiger partial charge in [0.05, 0.1) is 25.3 Å². The molecule has 1 aliphatic heterocycles. The van der Waals surface area contributed by atoms with Gasteiger partial charge in [0.25, 0.3) is 5.91 Å². The average Bonchev–Trinajstić information content (AvgIpc) is 2.83. The van der Waals surface area contributed by atoms with Crippen LogP contribution < -0.4 is 5.43 Å². The average molecular weight is 253 g/mol. The second kappa shape index (κ2) is 6.46. The predicted octanol–water partition coefficient (Wildman–Crippen LogP) is 0.778. The normalized spacial score (nSPS) is 17.4. The Hall–Kier alpha value is -1.27. The Morgan fingerprint density at radius 3 is 3.12 bits per heavy atom. The van der Waals surface area contributed by atoms with E-state index in [2.05, 4.69) is 15.4 Å². The maximum absolute atomic E-state index is 11.5. The quantitative estimate of drug-likeness (QED) is 0.636. The number of nitrogens with zero attached hydrogens (tertiary/aromatic N) is 2. The highest BCUT2D eigenvalue weighted by Gasteiger charge is 2.13. The second-order valence-corrected chi connectivity index (χ2v) is 4.96. The molecule has 1 N–H and O–H groups in total. The van der Waals surface area contributed by atoms with Crippen LogP contribution in [0.2, 0.25) is 0 Å². The zero-order chi connectivity index (χ0) is 11.9. The summed E-state index contributed by atoms with van der Waals surface area (Å²) in [5.41, 5.74) is 3.34. The summed E-state index contributed by atoms with van der Waals surface area (Å²) in [7, 11) is 0. The fourth-order valence-electron chi connectivity index (χ4n) is 1.52. The van der Waals surface area contributed by atoms with Crippen molar-refractivity contribution in [1.29, 1.82) is 0 Å². The Morgan fingerprint density at radius 1 is 1.59 bits per heavy atom. The van der Waals surface area contributed by atoms with Gasteiger partial charge < -0.3 is 4.42 Å². The SMILES string of the molecule is O=C(CN1CCSCC1)NN=Cc1ccoc1. The van der Waals surface area contributed by atoms with Gasteiger partial charge in [-0.15, -0.1) is 0 Å². The zero-order valence-corrected chi connectivity index (χ0v) is 10.3. The third-order valence-electron chi connectivity index (χ3n) is 2.42. The van der Waals surface area contributed by atoms with Crippen molar-refractivity contribution < 1.29 is 9.21 Å². The molecule has 5 nitrogen and oxygen atoms in total. The van der Waals surface area contributed by atoms with Crippen molar-refractivity contribution in [3.63, 3.8) is 0 Å². The number of hydrogen-bond acceptors (Lipinski definition) is 5. The summed E-state index contributed by atoms with van der Waals surface area (Å²) in [6.45, 7) is 2.37. The van der Waals surface area contributed by atoms with Crippen LogP contribution in [0.15, 0.2) is 28.1 Å². The Morgan fingerprint density at radius 2 is 2.41 bits per heavy atom. The number of nitrogens with one attached hydrogen (secondary N) is 1. The monoisotopic (exact) mass is 253 g/mol. The van der Waals surface area contributed by atoms with Gasteiger partial charge in [-0.05, 0) is 6.07 Å². The first-order chi connectivity index (χ1) is 8.34. The second-order valence-electron chi connectivity index (χ2n) is 3.74. The number of carbonyl (C=O) groups excluding carboxylic acids is 1. The highest BCUT2D eigenvalue weighted by Crippen LogP contribution is 2.08. The lowest BCUT2D eigenvalue weighted by Gasteiger charge is -2.24. The molecule has 1 amide bonds. The molecule has 0 saturated carbocycles. The first-order valence-electron chi connectivity index (χ1n) is 5.49. The van der Waals surface area contributed by atoms with Crippen LogP contribution in [-0.2, 0) is 4.79 Å². The fourth-order valence-corrected chi connectivity index (χ4v) is 2.50. The molecule has 0 spiro atoms. The van der Waals surface area contributed by atoms with E-state index in [-0.39, 0.29) is 5.91 Å². The lowest BCUT2D eigenvalue weighted by atomic mass is 10.4. The van der Waals surface area contributed by atoms with Crippen LogP contribution in [0.5, 0.6) is 0 Å². The van der Waals surface area contributed by atoms with E-state index < -0.39 is 0 Å². The molecule has 0 bridgehead atoms. The third kappa shape index (κ3) is 4.24. The summed E-state index contributed by atoms with van der Waals surface area (Å²) in [5.74, 6) is 2.13. The number of hydrazone groups is 1. The lowest BCUT2D eigenvalue weighted by Crippen LogP contribution is -2.40. The highest BCUT2D eigenvalue weighted by atomic mass is 32.2. The standard InChI is InChI=1S/C11H15N3O2S/c15-11(8-14-2-5-17-6-3-14)13-12-7-10-1-4-16-9-10/h1,4,7,9H,2-3,5-6,8H2,(H,13,15). The maximum atomic E-state index is 11.5. The van der Waals surface area contributed by atoms with Crippen LogP contribution in [0.4, 0.5) is 0 Å². The van der Waals surface area contributed by atoms with Gasteiger partial charge in [0.1, 0.15) is 0 Å². The van der Waals surface area contributed by atoms with Crippen LogP contribution in [-0.4, -0.2) is 48.2 Å². The number of carbonyl (C=O) groups is 1. The molecule has 1 aromatic rings. The van der Waals surface area contributed by atoms with Gasteiger partial charge in [-0.25, -0.2) is 5.43 Å². The summed E-state index contributed by atoms with van der Waals surface area (Å²) in [4.78, 5) is 13.7. The van der Waals surface area contributed by atoms with E-state index in [1.807, 2.05) is 11.8 Å². The largest absolute Gasteiger partial charge is 0.472 e. The summed E-state index contributed by atoms with van der Waals surface area (Å²) in [6.07, 6.45) is 4.69. The third-order valence-corrected chi connectivity index (χ3v) is 3.36. The first-order valence-corrected chi connectivity index (χ1v) is 6.64. The van der Waals surface area contributed by atoms with Crippen LogP contribution in [0.25, 0.3) is 0 Å². The van der Waals surface area contributed by atoms with Gasteiger partial charge in [0, 0.05) is 30.2 Å². The Labute approximate surface area is 104 Å². The lowest BCUT2D eigenvalue weighted by molar-refractivity contribution is -0.122. The van der Waals surface area contributed by atoms with E-state index in [0.29, 0.717) is 6.54 Å². The molecule has 92 valence electrons. The van der Waals surface area contributed by atoms with Gasteiger partial charge in [0.2, 0.25) is 0 Å². The highest BCUT2D eigenvalue weighted by molar-refractivity contribution is 7.99. The fraction of sp³-hybridized carbons (Fsp3) is 0.455. The molecule has 0 radical (unpaired) electrons. The van der Waals surface area contributed by atoms with E-state index in [0.717, 1.165) is 30.2 Å². The number of thioether (sulfide) groups is 1. The Balaban J connectivity index is 1.70. The maximum Gasteiger partial charge on any atom is 0.254 e. The van der Waals surface area contributed by atoms with Crippen molar-refractivity contribution in [1.82, 2.24) is 10.3 Å². The van der Waals surface area contributed by atoms with E-state index >= 15 is 0 Å². The van der Waals surface area contributed by atoms with Crippen molar-refractivity contribution in [2.24, 2.45) is 5.10 Å². The van der Waals surface area contributed by atoms with Crippen LogP contribution >= 0.6 is 11.8 Å². The zero-order valence-electron chi connectivity index (χ0n) is 9.46. The van der Waals surface area contributed by atoms with Crippen molar-refractivity contribution in [2.75, 3.05) is 31.1 Å². The smallest absolute Gasteiger partial charge is 0.254 e. The van der Waals surface area contributed by atoms with E-state index in [1.165, 1.54) is 0 Å². The predicted molar refractivity (Wildman–Crippen MR) is 68.2 cm³/mol. The molecule has 1 aliphatic rings. The topological polar surface area (TPSA) is 57.8 Å². The molecule has 1 saturated heterocycles. The van der Waals surface area contributed by atoms with Gasteiger partial charge >= 0.3 is 0 Å². The Bertz CT molecular complexity index is 372. The Kier molecular flexibility index (Phi) is 4.63. The van der Waals surface area contributed by atoms with E-state index in [4.69, 9.17) is 4.42 Å². The molecule has 17 heavy (non-hydrogen) atoms. The van der Waals surface area contributed by atoms with Crippen molar-refractivity contribution >= 4 is 23.9 Å². The molecule has 0 aliphatic carbocycles. The summed E-state index contributed by atoms with van der Waals surface area (Å²) < 4.78 is 4.88. The minimum Gasteiger partial charge on any atom is -0.472 e. The van der Waals surface area contributed by atoms with Gasteiger partial charge in [-0.3, -0.25) is 9.69 Å². The molecule has 2 rings (SSSR count). The summed E-state index contributed by atoms with van der Waals surface area (Å²) >= 11 is 1.93. The van der Waals surface area contributed by atoms with Crippen LogP contribution in [0.1, 0.15) is 5.56 Å². The number of hydrogen-bond donors (Lipinski definition) is 1. The van der Waals surface area contributed by atoms with Crippen LogP contribution in [0.3, 0.4) is 0 Å². The molecule has 1 aromatic heterocycles. The van der Waals surface area contributed by atoms with Crippen molar-refractivity contribution in [3.8, 4) is 0 Å². The van der Waals surface area contributed by atoms with E-state index in [9.17, 15) is 4.79 Å². The summed E-state index contributed by atoms with van der Waals surface area (Å²) in [5, 5.41) is 3.86. The molecule has 0 aromatic carbocycles. The first kappa shape index (κ1) is 12.2. The van der Waals surface area contributed by atoms with Gasteiger partial charge in [0.15, 0.2) is 0 Å². The number of amides is 1. The molecular formula is C11H15N3O2S. The van der Waals surface area contributed by atoms with Gasteiger partial charge in [-0.1, -0.05) is 0 Å². The molecule has 1 fully saturated rings. The minimum absolute atomic E-state index is 0.0726. The number of rotatable bonds is 4. The van der Waals surface area contributed by atoms with Crippen molar-refractivity contribution in [3.05, 3.63) is 24.2 Å². The van der Waals surface area contributed by atoms with E-state index in [1.54, 1.807) is 24.8 Å². The number of furan rings is 1.